The lowest BCUT2D eigenvalue weighted by Crippen LogP contribution is -2.30. The Hall–Kier alpha value is -1.66. The van der Waals surface area contributed by atoms with E-state index in [1.807, 2.05) is 0 Å². The maximum absolute atomic E-state index is 9.47. The molecule has 4 N–H and O–H groups in total. The van der Waals surface area contributed by atoms with Crippen LogP contribution in [0.3, 0.4) is 0 Å². The van der Waals surface area contributed by atoms with Crippen molar-refractivity contribution in [2.45, 2.75) is 0 Å². The number of carbonyl (C=O) groups is 2. The molecule has 6 heteroatoms. The van der Waals surface area contributed by atoms with Crippen molar-refractivity contribution >= 4 is 11.9 Å². The summed E-state index contributed by atoms with van der Waals surface area (Å²) in [5.74, 6) is -1.46. The highest BCUT2D eigenvalue weighted by Crippen LogP contribution is 1.76. The van der Waals surface area contributed by atoms with Crippen molar-refractivity contribution in [2.75, 3.05) is 26.3 Å². The quantitative estimate of drug-likeness (QED) is 0.556. The summed E-state index contributed by atoms with van der Waals surface area (Å²) in [6.07, 6.45) is 1.89. The van der Waals surface area contributed by atoms with Crippen LogP contribution in [0.4, 0.5) is 0 Å². The second kappa shape index (κ2) is 13.3. The standard InChI is InChI=1S/C4H9NO.C3H5NO.C3H4O2/c1-3-6-4-2-5-1;2*1-2-3(4)5/h5H,1-4H2;2H,1H2,(H2,4,5);2H,1H2,(H,4,5). The lowest BCUT2D eigenvalue weighted by Gasteiger charge is -2.10. The van der Waals surface area contributed by atoms with Gasteiger partial charge in [-0.2, -0.15) is 0 Å². The smallest absolute Gasteiger partial charge is 0.327 e. The van der Waals surface area contributed by atoms with Crippen molar-refractivity contribution in [3.8, 4) is 0 Å². The molecule has 0 aliphatic carbocycles. The van der Waals surface area contributed by atoms with Gasteiger partial charge in [-0.25, -0.2) is 4.79 Å². The van der Waals surface area contributed by atoms with E-state index < -0.39 is 11.9 Å². The number of aliphatic carboxylic acids is 1. The van der Waals surface area contributed by atoms with Gasteiger partial charge < -0.3 is 20.9 Å². The Labute approximate surface area is 94.8 Å². The largest absolute Gasteiger partial charge is 0.478 e. The molecule has 0 unspecified atom stereocenters. The molecular weight excluding hydrogens is 212 g/mol. The molecule has 1 aliphatic rings. The van der Waals surface area contributed by atoms with Gasteiger partial charge in [0.2, 0.25) is 5.91 Å². The summed E-state index contributed by atoms with van der Waals surface area (Å²) in [6, 6.07) is 0. The highest BCUT2D eigenvalue weighted by atomic mass is 16.5. The van der Waals surface area contributed by atoms with Gasteiger partial charge in [0.15, 0.2) is 0 Å². The van der Waals surface area contributed by atoms with Crippen LogP contribution in [-0.2, 0) is 14.3 Å². The number of carbonyl (C=O) groups excluding carboxylic acids is 1. The van der Waals surface area contributed by atoms with Gasteiger partial charge in [-0.15, -0.1) is 0 Å². The third-order valence-corrected chi connectivity index (χ3v) is 1.22. The Bertz CT molecular complexity index is 195. The summed E-state index contributed by atoms with van der Waals surface area (Å²) in [7, 11) is 0. The van der Waals surface area contributed by atoms with E-state index in [9.17, 15) is 9.59 Å². The topological polar surface area (TPSA) is 102 Å². The van der Waals surface area contributed by atoms with Gasteiger partial charge in [-0.05, 0) is 6.08 Å². The Balaban J connectivity index is 0. The van der Waals surface area contributed by atoms with Gasteiger partial charge in [0.1, 0.15) is 0 Å². The molecule has 6 nitrogen and oxygen atoms in total. The zero-order chi connectivity index (χ0) is 12.8. The highest BCUT2D eigenvalue weighted by Gasteiger charge is 1.92. The van der Waals surface area contributed by atoms with Gasteiger partial charge >= 0.3 is 5.97 Å². The van der Waals surface area contributed by atoms with E-state index in [-0.39, 0.29) is 0 Å². The predicted octanol–water partition coefficient (Wildman–Crippen LogP) is -0.479. The minimum absolute atomic E-state index is 0.481. The Morgan fingerprint density at radius 2 is 1.62 bits per heavy atom. The van der Waals surface area contributed by atoms with E-state index in [4.69, 9.17) is 9.84 Å². The van der Waals surface area contributed by atoms with Crippen molar-refractivity contribution < 1.29 is 19.4 Å². The number of ether oxygens (including phenoxy) is 1. The van der Waals surface area contributed by atoms with Crippen LogP contribution in [0.5, 0.6) is 0 Å². The third-order valence-electron chi connectivity index (χ3n) is 1.22. The molecule has 1 saturated heterocycles. The van der Waals surface area contributed by atoms with E-state index in [2.05, 4.69) is 24.2 Å². The van der Waals surface area contributed by atoms with Crippen molar-refractivity contribution in [1.82, 2.24) is 5.32 Å². The van der Waals surface area contributed by atoms with Crippen LogP contribution in [0.25, 0.3) is 0 Å². The molecule has 0 radical (unpaired) electrons. The average Bonchev–Trinajstić information content (AvgIpc) is 2.32. The van der Waals surface area contributed by atoms with Crippen LogP contribution in [0.15, 0.2) is 25.3 Å². The fraction of sp³-hybridized carbons (Fsp3) is 0.400. The minimum Gasteiger partial charge on any atom is -0.478 e. The molecule has 92 valence electrons. The van der Waals surface area contributed by atoms with Gasteiger partial charge in [0.25, 0.3) is 0 Å². The number of nitrogens with two attached hydrogens (primary N) is 1. The second-order valence-electron chi connectivity index (χ2n) is 2.51. The number of rotatable bonds is 2. The molecule has 1 fully saturated rings. The van der Waals surface area contributed by atoms with Crippen molar-refractivity contribution in [3.05, 3.63) is 25.3 Å². The molecule has 0 bridgehead atoms. The van der Waals surface area contributed by atoms with E-state index in [1.165, 1.54) is 0 Å². The van der Waals surface area contributed by atoms with Gasteiger partial charge in [0, 0.05) is 19.2 Å². The molecule has 0 spiro atoms. The van der Waals surface area contributed by atoms with Crippen LogP contribution in [-0.4, -0.2) is 43.3 Å². The summed E-state index contributed by atoms with van der Waals surface area (Å²) in [5.41, 5.74) is 4.53. The molecular formula is C10H18N2O4. The van der Waals surface area contributed by atoms with Gasteiger partial charge in [-0.1, -0.05) is 13.2 Å². The van der Waals surface area contributed by atoms with Crippen LogP contribution in [0.1, 0.15) is 0 Å². The number of carboxylic acids is 1. The second-order valence-corrected chi connectivity index (χ2v) is 2.51. The Kier molecular flexibility index (Phi) is 14.0. The summed E-state index contributed by atoms with van der Waals surface area (Å²) < 4.78 is 5.01. The molecule has 16 heavy (non-hydrogen) atoms. The predicted molar refractivity (Wildman–Crippen MR) is 60.9 cm³/mol. The van der Waals surface area contributed by atoms with E-state index >= 15 is 0 Å². The molecule has 0 atom stereocenters. The number of morpholine rings is 1. The SMILES string of the molecule is C1COCCN1.C=CC(=O)O.C=CC(N)=O. The fourth-order valence-electron chi connectivity index (χ4n) is 0.516. The molecule has 0 saturated carbocycles. The monoisotopic (exact) mass is 230 g/mol. The lowest BCUT2D eigenvalue weighted by molar-refractivity contribution is -0.131. The van der Waals surface area contributed by atoms with E-state index in [0.717, 1.165) is 38.5 Å². The van der Waals surface area contributed by atoms with Crippen molar-refractivity contribution in [1.29, 1.82) is 0 Å². The van der Waals surface area contributed by atoms with E-state index in [0.29, 0.717) is 0 Å². The van der Waals surface area contributed by atoms with Crippen LogP contribution in [0, 0.1) is 0 Å². The molecule has 1 rings (SSSR count). The number of hydrogen-bond acceptors (Lipinski definition) is 4. The van der Waals surface area contributed by atoms with Crippen molar-refractivity contribution in [3.63, 3.8) is 0 Å². The molecule has 1 amide bonds. The highest BCUT2D eigenvalue weighted by molar-refractivity contribution is 5.84. The van der Waals surface area contributed by atoms with Gasteiger partial charge in [0.05, 0.1) is 13.2 Å². The average molecular weight is 230 g/mol. The molecule has 0 aromatic heterocycles. The first-order valence-corrected chi connectivity index (χ1v) is 4.60. The summed E-state index contributed by atoms with van der Waals surface area (Å²) in [6.45, 7) is 9.88. The van der Waals surface area contributed by atoms with Crippen LogP contribution >= 0.6 is 0 Å². The Morgan fingerprint density at radius 1 is 1.25 bits per heavy atom. The third kappa shape index (κ3) is 22.8. The number of nitrogens with one attached hydrogen (secondary N) is 1. The number of hydrogen-bond donors (Lipinski definition) is 3. The Morgan fingerprint density at radius 3 is 1.69 bits per heavy atom. The van der Waals surface area contributed by atoms with Crippen LogP contribution in [0.2, 0.25) is 0 Å². The summed E-state index contributed by atoms with van der Waals surface area (Å²) in [4.78, 5) is 18.7. The normalized spacial score (nSPS) is 13.0. The summed E-state index contributed by atoms with van der Waals surface area (Å²) in [5, 5.41) is 10.8. The zero-order valence-electron chi connectivity index (χ0n) is 9.15. The summed E-state index contributed by atoms with van der Waals surface area (Å²) >= 11 is 0. The van der Waals surface area contributed by atoms with Crippen LogP contribution < -0.4 is 11.1 Å². The minimum atomic E-state index is -0.981. The molecule has 0 aromatic carbocycles. The van der Waals surface area contributed by atoms with Crippen molar-refractivity contribution in [2.24, 2.45) is 5.73 Å². The number of primary amides is 1. The first-order valence-electron chi connectivity index (χ1n) is 4.60. The molecule has 1 heterocycles. The maximum atomic E-state index is 9.47. The van der Waals surface area contributed by atoms with E-state index in [1.54, 1.807) is 0 Å². The molecule has 1 aliphatic heterocycles. The number of carboxylic acid groups (broad SMARTS) is 1. The van der Waals surface area contributed by atoms with Gasteiger partial charge in [-0.3, -0.25) is 4.79 Å². The maximum Gasteiger partial charge on any atom is 0.327 e. The number of amides is 1. The zero-order valence-corrected chi connectivity index (χ0v) is 9.15. The first kappa shape index (κ1) is 16.8. The fourth-order valence-corrected chi connectivity index (χ4v) is 0.516. The lowest BCUT2D eigenvalue weighted by atomic mass is 10.5. The molecule has 0 aromatic rings. The first-order chi connectivity index (χ1) is 7.54.